The number of benzene rings is 1. The molecule has 0 aliphatic rings. The van der Waals surface area contributed by atoms with Crippen molar-refractivity contribution in [2.24, 2.45) is 0 Å². The number of nitriles is 1. The molecule has 0 aliphatic heterocycles. The summed E-state index contributed by atoms with van der Waals surface area (Å²) in [5.74, 6) is 0. The van der Waals surface area contributed by atoms with E-state index in [2.05, 4.69) is 27.3 Å². The highest BCUT2D eigenvalue weighted by molar-refractivity contribution is 9.10. The maximum atomic E-state index is 8.90. The van der Waals surface area contributed by atoms with Gasteiger partial charge in [0.25, 0.3) is 0 Å². The van der Waals surface area contributed by atoms with Crippen LogP contribution in [-0.2, 0) is 0 Å². The van der Waals surface area contributed by atoms with Crippen molar-refractivity contribution < 1.29 is 0 Å². The largest absolute Gasteiger partial charge is 0.298 e. The Balaban J connectivity index is 2.95. The van der Waals surface area contributed by atoms with E-state index in [0.717, 1.165) is 16.6 Å². The summed E-state index contributed by atoms with van der Waals surface area (Å²) in [4.78, 5) is 0. The van der Waals surface area contributed by atoms with Gasteiger partial charge in [0.05, 0.1) is 11.1 Å². The quantitative estimate of drug-likeness (QED) is 0.917. The van der Waals surface area contributed by atoms with E-state index in [4.69, 9.17) is 16.9 Å². The minimum absolute atomic E-state index is 0.286. The van der Waals surface area contributed by atoms with Crippen molar-refractivity contribution in [2.75, 3.05) is 6.54 Å². The first-order chi connectivity index (χ1) is 6.69. The molecule has 0 bridgehead atoms. The zero-order valence-corrected chi connectivity index (χ0v) is 10.1. The number of nitrogens with one attached hydrogen (secondary N) is 1. The molecular weight excluding hydrogens is 263 g/mol. The van der Waals surface area contributed by atoms with Crippen molar-refractivity contribution in [3.63, 3.8) is 0 Å². The highest BCUT2D eigenvalue weighted by atomic mass is 79.9. The standard InChI is InChI=1S/C10H10BrClN2/c1-2-14-10(6-13)7-3-4-8(11)9(12)5-7/h3-5,10,14H,2H2,1H3. The van der Waals surface area contributed by atoms with Crippen LogP contribution in [0.15, 0.2) is 22.7 Å². The molecule has 0 aliphatic carbocycles. The topological polar surface area (TPSA) is 35.8 Å². The van der Waals surface area contributed by atoms with Crippen molar-refractivity contribution in [3.8, 4) is 6.07 Å². The lowest BCUT2D eigenvalue weighted by atomic mass is 10.1. The smallest absolute Gasteiger partial charge is 0.121 e. The lowest BCUT2D eigenvalue weighted by Gasteiger charge is -2.10. The average Bonchev–Trinajstić information content (AvgIpc) is 2.19. The second-order valence-corrected chi connectivity index (χ2v) is 4.05. The molecule has 2 nitrogen and oxygen atoms in total. The van der Waals surface area contributed by atoms with Crippen molar-refractivity contribution in [1.29, 1.82) is 5.26 Å². The molecule has 0 spiro atoms. The summed E-state index contributed by atoms with van der Waals surface area (Å²) in [7, 11) is 0. The number of rotatable bonds is 3. The van der Waals surface area contributed by atoms with E-state index in [9.17, 15) is 0 Å². The zero-order chi connectivity index (χ0) is 10.6. The van der Waals surface area contributed by atoms with E-state index in [-0.39, 0.29) is 6.04 Å². The minimum atomic E-state index is -0.286. The highest BCUT2D eigenvalue weighted by Crippen LogP contribution is 2.25. The molecule has 0 fully saturated rings. The monoisotopic (exact) mass is 272 g/mol. The van der Waals surface area contributed by atoms with Gasteiger partial charge in [0.1, 0.15) is 6.04 Å². The van der Waals surface area contributed by atoms with Gasteiger partial charge in [-0.3, -0.25) is 5.32 Å². The molecule has 1 unspecified atom stereocenters. The summed E-state index contributed by atoms with van der Waals surface area (Å²) in [5, 5.41) is 12.6. The molecule has 74 valence electrons. The fourth-order valence-corrected chi connectivity index (χ4v) is 1.57. The van der Waals surface area contributed by atoms with E-state index >= 15 is 0 Å². The molecule has 1 rings (SSSR count). The van der Waals surface area contributed by atoms with Crippen molar-refractivity contribution in [1.82, 2.24) is 5.32 Å². The van der Waals surface area contributed by atoms with Crippen LogP contribution < -0.4 is 5.32 Å². The maximum Gasteiger partial charge on any atom is 0.121 e. The third-order valence-corrected chi connectivity index (χ3v) is 3.05. The van der Waals surface area contributed by atoms with Crippen LogP contribution in [0.25, 0.3) is 0 Å². The van der Waals surface area contributed by atoms with Gasteiger partial charge in [0, 0.05) is 4.47 Å². The van der Waals surface area contributed by atoms with Crippen molar-refractivity contribution in [2.45, 2.75) is 13.0 Å². The van der Waals surface area contributed by atoms with Crippen LogP contribution in [0.2, 0.25) is 5.02 Å². The average molecular weight is 274 g/mol. The summed E-state index contributed by atoms with van der Waals surface area (Å²) < 4.78 is 0.844. The Hall–Kier alpha value is -0.560. The predicted octanol–water partition coefficient (Wildman–Crippen LogP) is 3.28. The van der Waals surface area contributed by atoms with Crippen LogP contribution in [0.4, 0.5) is 0 Å². The van der Waals surface area contributed by atoms with Crippen LogP contribution in [0.3, 0.4) is 0 Å². The Labute approximate surface area is 97.0 Å². The molecule has 1 atom stereocenters. The molecule has 14 heavy (non-hydrogen) atoms. The van der Waals surface area contributed by atoms with Gasteiger partial charge in [-0.1, -0.05) is 24.6 Å². The van der Waals surface area contributed by atoms with Gasteiger partial charge in [0.15, 0.2) is 0 Å². The molecule has 0 aromatic heterocycles. The molecule has 1 N–H and O–H groups in total. The van der Waals surface area contributed by atoms with E-state index in [1.807, 2.05) is 19.1 Å². The first-order valence-corrected chi connectivity index (χ1v) is 5.44. The zero-order valence-electron chi connectivity index (χ0n) is 7.72. The van der Waals surface area contributed by atoms with Gasteiger partial charge in [-0.15, -0.1) is 0 Å². The van der Waals surface area contributed by atoms with Gasteiger partial charge in [-0.25, -0.2) is 0 Å². The fourth-order valence-electron chi connectivity index (χ4n) is 1.13. The van der Waals surface area contributed by atoms with E-state index < -0.39 is 0 Å². The molecule has 0 saturated carbocycles. The van der Waals surface area contributed by atoms with Gasteiger partial charge in [0.2, 0.25) is 0 Å². The molecule has 4 heteroatoms. The minimum Gasteiger partial charge on any atom is -0.298 e. The molecular formula is C10H10BrClN2. The number of hydrogen-bond donors (Lipinski definition) is 1. The number of nitrogens with zero attached hydrogens (tertiary/aromatic N) is 1. The van der Waals surface area contributed by atoms with Crippen LogP contribution in [0, 0.1) is 11.3 Å². The van der Waals surface area contributed by atoms with E-state index in [1.165, 1.54) is 0 Å². The Morgan fingerprint density at radius 1 is 1.64 bits per heavy atom. The lowest BCUT2D eigenvalue weighted by molar-refractivity contribution is 0.658. The summed E-state index contributed by atoms with van der Waals surface area (Å²) in [6.07, 6.45) is 0. The molecule has 0 saturated heterocycles. The maximum absolute atomic E-state index is 8.90. The number of hydrogen-bond acceptors (Lipinski definition) is 2. The van der Waals surface area contributed by atoms with E-state index in [1.54, 1.807) is 6.07 Å². The van der Waals surface area contributed by atoms with Gasteiger partial charge in [-0.2, -0.15) is 5.26 Å². The molecule has 1 aromatic carbocycles. The normalized spacial score (nSPS) is 12.1. The molecule has 0 heterocycles. The third kappa shape index (κ3) is 2.71. The molecule has 1 aromatic rings. The second kappa shape index (κ2) is 5.35. The van der Waals surface area contributed by atoms with Gasteiger partial charge >= 0.3 is 0 Å². The Bertz CT molecular complexity index is 360. The Kier molecular flexibility index (Phi) is 4.40. The van der Waals surface area contributed by atoms with Crippen LogP contribution in [-0.4, -0.2) is 6.54 Å². The predicted molar refractivity (Wildman–Crippen MR) is 61.2 cm³/mol. The summed E-state index contributed by atoms with van der Waals surface area (Å²) in [6, 6.07) is 7.42. The van der Waals surface area contributed by atoms with Crippen LogP contribution in [0.5, 0.6) is 0 Å². The molecule has 0 amide bonds. The van der Waals surface area contributed by atoms with Gasteiger partial charge in [-0.05, 0) is 40.2 Å². The molecule has 0 radical (unpaired) electrons. The first-order valence-electron chi connectivity index (χ1n) is 4.27. The third-order valence-electron chi connectivity index (χ3n) is 1.81. The van der Waals surface area contributed by atoms with Crippen molar-refractivity contribution in [3.05, 3.63) is 33.3 Å². The second-order valence-electron chi connectivity index (χ2n) is 2.79. The highest BCUT2D eigenvalue weighted by Gasteiger charge is 2.09. The fraction of sp³-hybridized carbons (Fsp3) is 0.300. The summed E-state index contributed by atoms with van der Waals surface area (Å²) >= 11 is 9.24. The summed E-state index contributed by atoms with van der Waals surface area (Å²) in [5.41, 5.74) is 0.891. The van der Waals surface area contributed by atoms with Crippen LogP contribution >= 0.6 is 27.5 Å². The van der Waals surface area contributed by atoms with E-state index in [0.29, 0.717) is 5.02 Å². The SMILES string of the molecule is CCNC(C#N)c1ccc(Br)c(Cl)c1. The number of halogens is 2. The van der Waals surface area contributed by atoms with Crippen LogP contribution in [0.1, 0.15) is 18.5 Å². The van der Waals surface area contributed by atoms with Crippen molar-refractivity contribution >= 4 is 27.5 Å². The Morgan fingerprint density at radius 2 is 2.36 bits per heavy atom. The Morgan fingerprint density at radius 3 is 2.86 bits per heavy atom. The summed E-state index contributed by atoms with van der Waals surface area (Å²) in [6.45, 7) is 2.72. The first kappa shape index (κ1) is 11.5. The van der Waals surface area contributed by atoms with Gasteiger partial charge < -0.3 is 0 Å². The lowest BCUT2D eigenvalue weighted by Crippen LogP contribution is -2.19.